The standard InChI is InChI=1S/C27H27ClN2O3S/c28-21-8-10-22(11-9-21)33-18-24-23-13-15-34-25(23)12-14-30(24)26(31)17-29(16-19-6-7-19)27(32)20-4-2-1-3-5-20/h1-5,8-11,13,15,19,24H,6-7,12,14,16-18H2. The van der Waals surface area contributed by atoms with Gasteiger partial charge in [-0.15, -0.1) is 11.3 Å². The molecule has 2 aromatic carbocycles. The molecule has 3 aromatic rings. The molecule has 1 aliphatic carbocycles. The van der Waals surface area contributed by atoms with Crippen LogP contribution in [-0.4, -0.2) is 47.9 Å². The molecule has 1 saturated carbocycles. The SMILES string of the molecule is O=C(c1ccccc1)N(CC(=O)N1CCc2sccc2C1COc1ccc(Cl)cc1)CC1CC1. The highest BCUT2D eigenvalue weighted by atomic mass is 35.5. The summed E-state index contributed by atoms with van der Waals surface area (Å²) in [4.78, 5) is 31.8. The third-order valence-electron chi connectivity index (χ3n) is 6.45. The lowest BCUT2D eigenvalue weighted by Gasteiger charge is -2.37. The van der Waals surface area contributed by atoms with Crippen molar-refractivity contribution in [2.24, 2.45) is 5.92 Å². The van der Waals surface area contributed by atoms with Gasteiger partial charge in [-0.05, 0) is 78.6 Å². The van der Waals surface area contributed by atoms with Gasteiger partial charge in [0.25, 0.3) is 5.91 Å². The Morgan fingerprint density at radius 3 is 2.56 bits per heavy atom. The second-order valence-corrected chi connectivity index (χ2v) is 10.3. The van der Waals surface area contributed by atoms with Crippen LogP contribution in [0.2, 0.25) is 5.02 Å². The van der Waals surface area contributed by atoms with Crippen LogP contribution >= 0.6 is 22.9 Å². The highest BCUT2D eigenvalue weighted by Crippen LogP contribution is 2.35. The Kier molecular flexibility index (Phi) is 6.88. The van der Waals surface area contributed by atoms with E-state index in [0.717, 1.165) is 24.8 Å². The molecule has 1 fully saturated rings. The Morgan fingerprint density at radius 2 is 1.82 bits per heavy atom. The van der Waals surface area contributed by atoms with Crippen molar-refractivity contribution in [3.05, 3.63) is 87.1 Å². The predicted molar refractivity (Wildman–Crippen MR) is 134 cm³/mol. The van der Waals surface area contributed by atoms with Gasteiger partial charge in [0.05, 0.1) is 6.04 Å². The van der Waals surface area contributed by atoms with Crippen LogP contribution in [0.3, 0.4) is 0 Å². The molecule has 1 unspecified atom stereocenters. The molecule has 0 spiro atoms. The number of halogens is 1. The Morgan fingerprint density at radius 1 is 1.06 bits per heavy atom. The van der Waals surface area contributed by atoms with E-state index in [9.17, 15) is 9.59 Å². The smallest absolute Gasteiger partial charge is 0.254 e. The second-order valence-electron chi connectivity index (χ2n) is 8.91. The Balaban J connectivity index is 1.33. The molecule has 0 N–H and O–H groups in total. The largest absolute Gasteiger partial charge is 0.491 e. The minimum Gasteiger partial charge on any atom is -0.491 e. The van der Waals surface area contributed by atoms with Crippen LogP contribution in [0.5, 0.6) is 5.75 Å². The van der Waals surface area contributed by atoms with Gasteiger partial charge in [-0.2, -0.15) is 0 Å². The zero-order chi connectivity index (χ0) is 23.5. The summed E-state index contributed by atoms with van der Waals surface area (Å²) in [6, 6.07) is 18.4. The van der Waals surface area contributed by atoms with Gasteiger partial charge in [0.15, 0.2) is 0 Å². The van der Waals surface area contributed by atoms with E-state index in [-0.39, 0.29) is 24.4 Å². The molecule has 2 heterocycles. The van der Waals surface area contributed by atoms with E-state index in [1.807, 2.05) is 47.4 Å². The molecule has 176 valence electrons. The van der Waals surface area contributed by atoms with E-state index >= 15 is 0 Å². The fourth-order valence-electron chi connectivity index (χ4n) is 4.43. The first-order valence-electron chi connectivity index (χ1n) is 11.7. The average molecular weight is 495 g/mol. The van der Waals surface area contributed by atoms with Gasteiger partial charge in [0.1, 0.15) is 18.9 Å². The van der Waals surface area contributed by atoms with Crippen molar-refractivity contribution in [2.75, 3.05) is 26.2 Å². The van der Waals surface area contributed by atoms with Gasteiger partial charge in [-0.25, -0.2) is 0 Å². The maximum atomic E-state index is 13.6. The molecule has 2 aliphatic rings. The fourth-order valence-corrected chi connectivity index (χ4v) is 5.48. The normalized spacial score (nSPS) is 17.2. The quantitative estimate of drug-likeness (QED) is 0.418. The van der Waals surface area contributed by atoms with E-state index in [0.29, 0.717) is 41.9 Å². The minimum atomic E-state index is -0.187. The molecule has 0 bridgehead atoms. The molecule has 0 radical (unpaired) electrons. The molecule has 1 aromatic heterocycles. The Labute approximate surface area is 208 Å². The van der Waals surface area contributed by atoms with Crippen molar-refractivity contribution in [3.63, 3.8) is 0 Å². The van der Waals surface area contributed by atoms with Gasteiger partial charge in [0, 0.05) is 28.6 Å². The predicted octanol–water partition coefficient (Wildman–Crippen LogP) is 5.46. The maximum absolute atomic E-state index is 13.6. The summed E-state index contributed by atoms with van der Waals surface area (Å²) < 4.78 is 6.08. The Bertz CT molecular complexity index is 1140. The first-order valence-corrected chi connectivity index (χ1v) is 12.9. The highest BCUT2D eigenvalue weighted by Gasteiger charge is 2.35. The van der Waals surface area contributed by atoms with E-state index in [2.05, 4.69) is 11.4 Å². The lowest BCUT2D eigenvalue weighted by molar-refractivity contribution is -0.135. The number of fused-ring (bicyclic) bond motifs is 1. The number of hydrogen-bond acceptors (Lipinski definition) is 4. The number of hydrogen-bond donors (Lipinski definition) is 0. The number of carbonyl (C=O) groups is 2. The van der Waals surface area contributed by atoms with E-state index in [4.69, 9.17) is 16.3 Å². The zero-order valence-corrected chi connectivity index (χ0v) is 20.4. The summed E-state index contributed by atoms with van der Waals surface area (Å²) >= 11 is 7.72. The number of nitrogens with zero attached hydrogens (tertiary/aromatic N) is 2. The van der Waals surface area contributed by atoms with Crippen LogP contribution in [0, 0.1) is 5.92 Å². The van der Waals surface area contributed by atoms with Crippen LogP contribution in [0.1, 0.15) is 39.7 Å². The number of ether oxygens (including phenoxy) is 1. The number of amides is 2. The first-order chi connectivity index (χ1) is 16.6. The van der Waals surface area contributed by atoms with Crippen LogP contribution in [0.4, 0.5) is 0 Å². The highest BCUT2D eigenvalue weighted by molar-refractivity contribution is 7.10. The number of carbonyl (C=O) groups excluding carboxylic acids is 2. The summed E-state index contributed by atoms with van der Waals surface area (Å²) in [6.45, 7) is 1.69. The lowest BCUT2D eigenvalue weighted by atomic mass is 10.0. The molecule has 2 amide bonds. The van der Waals surface area contributed by atoms with Crippen LogP contribution in [0.15, 0.2) is 66.0 Å². The van der Waals surface area contributed by atoms with Gasteiger partial charge in [-0.3, -0.25) is 9.59 Å². The molecule has 0 saturated heterocycles. The van der Waals surface area contributed by atoms with E-state index in [1.165, 1.54) is 4.88 Å². The van der Waals surface area contributed by atoms with E-state index < -0.39 is 0 Å². The van der Waals surface area contributed by atoms with Crippen molar-refractivity contribution < 1.29 is 14.3 Å². The second kappa shape index (κ2) is 10.2. The van der Waals surface area contributed by atoms with E-state index in [1.54, 1.807) is 28.4 Å². The molecule has 34 heavy (non-hydrogen) atoms. The molecule has 1 atom stereocenters. The van der Waals surface area contributed by atoms with Crippen LogP contribution < -0.4 is 4.74 Å². The van der Waals surface area contributed by atoms with Gasteiger partial charge < -0.3 is 14.5 Å². The minimum absolute atomic E-state index is 0.0357. The summed E-state index contributed by atoms with van der Waals surface area (Å²) in [7, 11) is 0. The summed E-state index contributed by atoms with van der Waals surface area (Å²) in [6.07, 6.45) is 3.06. The monoisotopic (exact) mass is 494 g/mol. The van der Waals surface area contributed by atoms with Crippen molar-refractivity contribution in [2.45, 2.75) is 25.3 Å². The number of thiophene rings is 1. The number of benzene rings is 2. The first kappa shape index (κ1) is 22.9. The Hall–Kier alpha value is -2.83. The van der Waals surface area contributed by atoms with Gasteiger partial charge in [-0.1, -0.05) is 29.8 Å². The van der Waals surface area contributed by atoms with Crippen molar-refractivity contribution >= 4 is 34.8 Å². The molecular formula is C27H27ClN2O3S. The fraction of sp³-hybridized carbons (Fsp3) is 0.333. The molecular weight excluding hydrogens is 468 g/mol. The maximum Gasteiger partial charge on any atom is 0.254 e. The number of rotatable bonds is 8. The van der Waals surface area contributed by atoms with Gasteiger partial charge >= 0.3 is 0 Å². The summed E-state index contributed by atoms with van der Waals surface area (Å²) in [5.74, 6) is 1.10. The van der Waals surface area contributed by atoms with Crippen LogP contribution in [-0.2, 0) is 11.2 Å². The molecule has 7 heteroatoms. The van der Waals surface area contributed by atoms with Crippen molar-refractivity contribution in [3.8, 4) is 5.75 Å². The topological polar surface area (TPSA) is 49.9 Å². The lowest BCUT2D eigenvalue weighted by Crippen LogP contribution is -2.48. The third-order valence-corrected chi connectivity index (χ3v) is 7.69. The summed E-state index contributed by atoms with van der Waals surface area (Å²) in [5, 5.41) is 2.73. The van der Waals surface area contributed by atoms with Crippen molar-refractivity contribution in [1.82, 2.24) is 9.80 Å². The third kappa shape index (κ3) is 5.29. The molecule has 5 nitrogen and oxygen atoms in total. The summed E-state index contributed by atoms with van der Waals surface area (Å²) in [5.41, 5.74) is 1.76. The van der Waals surface area contributed by atoms with Crippen molar-refractivity contribution in [1.29, 1.82) is 0 Å². The van der Waals surface area contributed by atoms with Crippen LogP contribution in [0.25, 0.3) is 0 Å². The molecule has 5 rings (SSSR count). The molecule has 1 aliphatic heterocycles. The average Bonchev–Trinajstić information content (AvgIpc) is 3.55. The zero-order valence-electron chi connectivity index (χ0n) is 18.9. The van der Waals surface area contributed by atoms with Gasteiger partial charge in [0.2, 0.25) is 5.91 Å².